The van der Waals surface area contributed by atoms with Crippen LogP contribution in [-0.4, -0.2) is 48.1 Å². The molecule has 0 unspecified atom stereocenters. The van der Waals surface area contributed by atoms with Crippen molar-refractivity contribution >= 4 is 22.3 Å². The molecule has 0 amide bonds. The minimum Gasteiger partial charge on any atom is -0.399 e. The molecule has 0 bridgehead atoms. The number of aryl methyl sites for hydroxylation is 1. The van der Waals surface area contributed by atoms with Crippen molar-refractivity contribution in [3.8, 4) is 22.4 Å². The summed E-state index contributed by atoms with van der Waals surface area (Å²) < 4.78 is 0. The zero-order chi connectivity index (χ0) is 21.4. The van der Waals surface area contributed by atoms with Gasteiger partial charge in [0.25, 0.3) is 0 Å². The Morgan fingerprint density at radius 3 is 2.42 bits per heavy atom. The van der Waals surface area contributed by atoms with Crippen molar-refractivity contribution in [2.24, 2.45) is 0 Å². The maximum Gasteiger partial charge on any atom is 0.129 e. The number of likely N-dealkylation sites (N-methyl/N-ethyl adjacent to an activating group) is 1. The summed E-state index contributed by atoms with van der Waals surface area (Å²) >= 11 is 0. The van der Waals surface area contributed by atoms with E-state index in [1.807, 2.05) is 30.6 Å². The van der Waals surface area contributed by atoms with E-state index >= 15 is 0 Å². The smallest absolute Gasteiger partial charge is 0.129 e. The van der Waals surface area contributed by atoms with Gasteiger partial charge in [-0.25, -0.2) is 4.98 Å². The van der Waals surface area contributed by atoms with E-state index in [1.165, 1.54) is 10.9 Å². The van der Waals surface area contributed by atoms with Crippen molar-refractivity contribution in [3.05, 3.63) is 72.6 Å². The van der Waals surface area contributed by atoms with Gasteiger partial charge in [0.15, 0.2) is 0 Å². The summed E-state index contributed by atoms with van der Waals surface area (Å²) in [6.07, 6.45) is 3.84. The number of hydrogen-bond donors (Lipinski definition) is 1. The van der Waals surface area contributed by atoms with Crippen LogP contribution in [0.4, 0.5) is 11.5 Å². The molecule has 3 heterocycles. The van der Waals surface area contributed by atoms with Gasteiger partial charge in [0.05, 0.1) is 5.69 Å². The molecule has 5 nitrogen and oxygen atoms in total. The van der Waals surface area contributed by atoms with E-state index in [1.54, 1.807) is 0 Å². The van der Waals surface area contributed by atoms with Gasteiger partial charge in [-0.1, -0.05) is 18.2 Å². The van der Waals surface area contributed by atoms with E-state index < -0.39 is 0 Å². The number of nitrogens with zero attached hydrogens (tertiary/aromatic N) is 4. The first kappa shape index (κ1) is 19.5. The maximum absolute atomic E-state index is 6.07. The minimum atomic E-state index is 0.790. The highest BCUT2D eigenvalue weighted by molar-refractivity contribution is 5.89. The minimum absolute atomic E-state index is 0.790. The van der Waals surface area contributed by atoms with E-state index in [0.29, 0.717) is 0 Å². The van der Waals surface area contributed by atoms with E-state index in [9.17, 15) is 0 Å². The second-order valence-corrected chi connectivity index (χ2v) is 8.46. The van der Waals surface area contributed by atoms with Crippen LogP contribution in [0.5, 0.6) is 0 Å². The molecular weight excluding hydrogens is 382 g/mol. The third-order valence-electron chi connectivity index (χ3n) is 6.02. The molecule has 1 saturated heterocycles. The fourth-order valence-electron chi connectivity index (χ4n) is 4.24. The molecule has 0 atom stereocenters. The molecule has 31 heavy (non-hydrogen) atoms. The molecule has 156 valence electrons. The standard InChI is InChI=1S/C26H27N5/c1-18-11-22(14-24(27)12-18)19-3-4-21-17-29-25(15-23(21)13-19)20-5-6-28-26(16-20)31-9-7-30(2)8-10-31/h3-6,11-17H,7-10,27H2,1-2H3. The molecule has 0 saturated carbocycles. The lowest BCUT2D eigenvalue weighted by Crippen LogP contribution is -2.44. The molecule has 4 aromatic rings. The lowest BCUT2D eigenvalue weighted by atomic mass is 9.99. The van der Waals surface area contributed by atoms with Crippen molar-refractivity contribution < 1.29 is 0 Å². The summed E-state index contributed by atoms with van der Waals surface area (Å²) in [5.41, 5.74) is 12.4. The Kier molecular flexibility index (Phi) is 5.04. The van der Waals surface area contributed by atoms with Crippen LogP contribution in [-0.2, 0) is 0 Å². The molecule has 0 aliphatic carbocycles. The first-order valence-corrected chi connectivity index (χ1v) is 10.7. The molecule has 2 N–H and O–H groups in total. The van der Waals surface area contributed by atoms with Gasteiger partial charge in [0.2, 0.25) is 0 Å². The van der Waals surface area contributed by atoms with Crippen LogP contribution in [0.3, 0.4) is 0 Å². The average Bonchev–Trinajstić information content (AvgIpc) is 2.78. The van der Waals surface area contributed by atoms with Crippen molar-refractivity contribution in [2.75, 3.05) is 43.9 Å². The Bertz CT molecular complexity index is 1220. The number of benzene rings is 2. The van der Waals surface area contributed by atoms with Crippen LogP contribution in [0.25, 0.3) is 33.2 Å². The lowest BCUT2D eigenvalue weighted by molar-refractivity contribution is 0.312. The molecule has 0 spiro atoms. The van der Waals surface area contributed by atoms with Gasteiger partial charge in [-0.3, -0.25) is 4.98 Å². The molecule has 1 aliphatic rings. The van der Waals surface area contributed by atoms with Gasteiger partial charge < -0.3 is 15.5 Å². The van der Waals surface area contributed by atoms with Gasteiger partial charge >= 0.3 is 0 Å². The predicted octanol–water partition coefficient (Wildman–Crippen LogP) is 4.61. The van der Waals surface area contributed by atoms with Gasteiger partial charge in [0, 0.05) is 55.2 Å². The largest absolute Gasteiger partial charge is 0.399 e. The third-order valence-corrected chi connectivity index (χ3v) is 6.02. The molecule has 5 rings (SSSR count). The Hall–Kier alpha value is -3.44. The fraction of sp³-hybridized carbons (Fsp3) is 0.231. The summed E-state index contributed by atoms with van der Waals surface area (Å²) in [4.78, 5) is 14.0. The predicted molar refractivity (Wildman–Crippen MR) is 129 cm³/mol. The SMILES string of the molecule is Cc1cc(N)cc(-c2ccc3cnc(-c4ccnc(N5CCN(C)CC5)c4)cc3c2)c1. The normalized spacial score (nSPS) is 14.8. The maximum atomic E-state index is 6.07. The lowest BCUT2D eigenvalue weighted by Gasteiger charge is -2.33. The van der Waals surface area contributed by atoms with Gasteiger partial charge in [-0.15, -0.1) is 0 Å². The second-order valence-electron chi connectivity index (χ2n) is 8.46. The molecular formula is C26H27N5. The Labute approximate surface area is 183 Å². The van der Waals surface area contributed by atoms with E-state index in [4.69, 9.17) is 10.7 Å². The number of anilines is 2. The summed E-state index contributed by atoms with van der Waals surface area (Å²) in [5.74, 6) is 1.02. The Morgan fingerprint density at radius 2 is 1.61 bits per heavy atom. The highest BCUT2D eigenvalue weighted by Crippen LogP contribution is 2.29. The van der Waals surface area contributed by atoms with Gasteiger partial charge in [-0.05, 0) is 72.4 Å². The molecule has 1 fully saturated rings. The first-order chi connectivity index (χ1) is 15.0. The number of nitrogen functional groups attached to an aromatic ring is 1. The topological polar surface area (TPSA) is 58.3 Å². The summed E-state index contributed by atoms with van der Waals surface area (Å²) in [6.45, 7) is 6.20. The number of hydrogen-bond acceptors (Lipinski definition) is 5. The Morgan fingerprint density at radius 1 is 0.774 bits per heavy atom. The molecule has 2 aromatic carbocycles. The molecule has 2 aromatic heterocycles. The van der Waals surface area contributed by atoms with Crippen LogP contribution in [0.2, 0.25) is 0 Å². The van der Waals surface area contributed by atoms with Crippen LogP contribution in [0, 0.1) is 6.92 Å². The zero-order valence-corrected chi connectivity index (χ0v) is 18.0. The van der Waals surface area contributed by atoms with Crippen molar-refractivity contribution in [3.63, 3.8) is 0 Å². The third kappa shape index (κ3) is 4.09. The first-order valence-electron chi connectivity index (χ1n) is 10.7. The summed E-state index contributed by atoms with van der Waals surface area (Å²) in [7, 11) is 2.17. The van der Waals surface area contributed by atoms with Crippen LogP contribution in [0.1, 0.15) is 5.56 Å². The number of rotatable bonds is 3. The van der Waals surface area contributed by atoms with Crippen molar-refractivity contribution in [2.45, 2.75) is 6.92 Å². The molecule has 0 radical (unpaired) electrons. The van der Waals surface area contributed by atoms with E-state index in [-0.39, 0.29) is 0 Å². The average molecular weight is 410 g/mol. The van der Waals surface area contributed by atoms with Crippen LogP contribution < -0.4 is 10.6 Å². The monoisotopic (exact) mass is 409 g/mol. The van der Waals surface area contributed by atoms with Crippen molar-refractivity contribution in [1.82, 2.24) is 14.9 Å². The van der Waals surface area contributed by atoms with Gasteiger partial charge in [0.1, 0.15) is 5.82 Å². The number of pyridine rings is 2. The van der Waals surface area contributed by atoms with Crippen LogP contribution >= 0.6 is 0 Å². The molecule has 1 aliphatic heterocycles. The Balaban J connectivity index is 1.50. The van der Waals surface area contributed by atoms with Gasteiger partial charge in [-0.2, -0.15) is 0 Å². The van der Waals surface area contributed by atoms with Crippen molar-refractivity contribution in [1.29, 1.82) is 0 Å². The number of nitrogens with two attached hydrogens (primary N) is 1. The zero-order valence-electron chi connectivity index (χ0n) is 18.0. The highest BCUT2D eigenvalue weighted by Gasteiger charge is 2.16. The number of piperazine rings is 1. The number of fused-ring (bicyclic) bond motifs is 1. The fourth-order valence-corrected chi connectivity index (χ4v) is 4.24. The van der Waals surface area contributed by atoms with E-state index in [2.05, 4.69) is 65.2 Å². The van der Waals surface area contributed by atoms with Crippen LogP contribution in [0.15, 0.2) is 67.0 Å². The second kappa shape index (κ2) is 8.00. The quantitative estimate of drug-likeness (QED) is 0.501. The summed E-state index contributed by atoms with van der Waals surface area (Å²) in [5, 5.41) is 2.29. The van der Waals surface area contributed by atoms with E-state index in [0.717, 1.165) is 65.5 Å². The summed E-state index contributed by atoms with van der Waals surface area (Å²) in [6, 6.07) is 19.0. The molecule has 5 heteroatoms. The number of aromatic nitrogens is 2. The highest BCUT2D eigenvalue weighted by atomic mass is 15.3.